The van der Waals surface area contributed by atoms with Crippen molar-refractivity contribution in [2.45, 2.75) is 39.7 Å². The summed E-state index contributed by atoms with van der Waals surface area (Å²) in [6, 6.07) is 9.04. The summed E-state index contributed by atoms with van der Waals surface area (Å²) >= 11 is 0. The Kier molecular flexibility index (Phi) is 8.79. The zero-order chi connectivity index (χ0) is 26.5. The Morgan fingerprint density at radius 1 is 1.14 bits per heavy atom. The van der Waals surface area contributed by atoms with Crippen molar-refractivity contribution in [3.05, 3.63) is 47.8 Å². The van der Waals surface area contributed by atoms with E-state index in [0.717, 1.165) is 17.0 Å². The topological polar surface area (TPSA) is 85.6 Å². The van der Waals surface area contributed by atoms with Crippen molar-refractivity contribution in [3.63, 3.8) is 0 Å². The smallest absolute Gasteiger partial charge is 0.262 e. The minimum absolute atomic E-state index is 0.0887. The van der Waals surface area contributed by atoms with Gasteiger partial charge in [0.25, 0.3) is 5.91 Å². The molecule has 0 saturated heterocycles. The lowest BCUT2D eigenvalue weighted by Crippen LogP contribution is -2.43. The maximum absolute atomic E-state index is 13.7. The van der Waals surface area contributed by atoms with Crippen LogP contribution in [0.5, 0.6) is 11.5 Å². The lowest BCUT2D eigenvalue weighted by molar-refractivity contribution is -0.143. The Balaban J connectivity index is 1.97. The first-order valence-electron chi connectivity index (χ1n) is 12.1. The van der Waals surface area contributed by atoms with Crippen LogP contribution < -0.4 is 9.47 Å². The fourth-order valence-corrected chi connectivity index (χ4v) is 4.29. The van der Waals surface area contributed by atoms with Gasteiger partial charge in [0.2, 0.25) is 5.91 Å². The van der Waals surface area contributed by atoms with Crippen LogP contribution >= 0.6 is 0 Å². The number of methoxy groups -OCH3 is 3. The molecule has 0 fully saturated rings. The Labute approximate surface area is 213 Å². The molecule has 196 valence electrons. The number of aryl methyl sites for hydroxylation is 1. The summed E-state index contributed by atoms with van der Waals surface area (Å²) in [5, 5.41) is 6.25. The first-order chi connectivity index (χ1) is 17.1. The first-order valence-corrected chi connectivity index (χ1v) is 12.1. The van der Waals surface area contributed by atoms with Gasteiger partial charge in [0.05, 0.1) is 38.3 Å². The number of amides is 2. The van der Waals surface area contributed by atoms with Crippen LogP contribution in [0.25, 0.3) is 0 Å². The second-order valence-electron chi connectivity index (χ2n) is 10.2. The van der Waals surface area contributed by atoms with Crippen molar-refractivity contribution >= 4 is 17.5 Å². The fourth-order valence-electron chi connectivity index (χ4n) is 4.29. The quantitative estimate of drug-likeness (QED) is 0.499. The largest absolute Gasteiger partial charge is 0.497 e. The number of hydrogen-bond acceptors (Lipinski definition) is 6. The number of nitrogens with zero attached hydrogens (tertiary/aromatic N) is 4. The van der Waals surface area contributed by atoms with Crippen LogP contribution in [0.15, 0.2) is 41.6 Å². The van der Waals surface area contributed by atoms with Gasteiger partial charge >= 0.3 is 0 Å². The highest BCUT2D eigenvalue weighted by molar-refractivity contribution is 6.02. The van der Waals surface area contributed by atoms with E-state index in [1.165, 1.54) is 5.01 Å². The normalized spacial score (nSPS) is 15.6. The number of benzene rings is 1. The average molecular weight is 499 g/mol. The van der Waals surface area contributed by atoms with Gasteiger partial charge in [0.15, 0.2) is 0 Å². The van der Waals surface area contributed by atoms with Gasteiger partial charge in [-0.3, -0.25) is 9.59 Å². The molecule has 3 rings (SSSR count). The summed E-state index contributed by atoms with van der Waals surface area (Å²) in [6.45, 7) is 6.58. The van der Waals surface area contributed by atoms with E-state index in [0.29, 0.717) is 37.5 Å². The number of hydrogen-bond donors (Lipinski definition) is 0. The minimum atomic E-state index is -0.408. The molecule has 9 heteroatoms. The van der Waals surface area contributed by atoms with E-state index >= 15 is 0 Å². The van der Waals surface area contributed by atoms with E-state index in [4.69, 9.17) is 19.3 Å². The molecule has 0 N–H and O–H groups in total. The van der Waals surface area contributed by atoms with E-state index in [-0.39, 0.29) is 23.8 Å². The molecule has 2 amide bonds. The number of rotatable bonds is 10. The van der Waals surface area contributed by atoms with Gasteiger partial charge in [-0.25, -0.2) is 5.01 Å². The van der Waals surface area contributed by atoms with Crippen LogP contribution in [0, 0.1) is 5.41 Å². The monoisotopic (exact) mass is 498 g/mol. The molecule has 36 heavy (non-hydrogen) atoms. The molecule has 0 aliphatic carbocycles. The molecule has 1 aromatic heterocycles. The number of aromatic nitrogens is 1. The van der Waals surface area contributed by atoms with Crippen LogP contribution in [-0.4, -0.2) is 73.0 Å². The number of hydrazone groups is 1. The highest BCUT2D eigenvalue weighted by Crippen LogP contribution is 2.39. The van der Waals surface area contributed by atoms with Crippen LogP contribution in [0.3, 0.4) is 0 Å². The van der Waals surface area contributed by atoms with Crippen molar-refractivity contribution in [2.24, 2.45) is 17.6 Å². The van der Waals surface area contributed by atoms with Crippen molar-refractivity contribution in [2.75, 3.05) is 41.0 Å². The molecule has 0 radical (unpaired) electrons. The van der Waals surface area contributed by atoms with Gasteiger partial charge in [-0.05, 0) is 35.7 Å². The van der Waals surface area contributed by atoms with Crippen molar-refractivity contribution in [3.8, 4) is 11.5 Å². The van der Waals surface area contributed by atoms with Crippen LogP contribution in [0.2, 0.25) is 0 Å². The van der Waals surface area contributed by atoms with Crippen molar-refractivity contribution in [1.82, 2.24) is 14.5 Å². The Hall–Kier alpha value is -3.33. The van der Waals surface area contributed by atoms with Gasteiger partial charge in [0.1, 0.15) is 18.0 Å². The molecule has 1 aromatic carbocycles. The lowest BCUT2D eigenvalue weighted by Gasteiger charge is -2.29. The molecule has 0 unspecified atom stereocenters. The predicted molar refractivity (Wildman–Crippen MR) is 138 cm³/mol. The minimum Gasteiger partial charge on any atom is -0.497 e. The lowest BCUT2D eigenvalue weighted by atomic mass is 9.91. The van der Waals surface area contributed by atoms with Gasteiger partial charge < -0.3 is 23.7 Å². The predicted octanol–water partition coefficient (Wildman–Crippen LogP) is 3.63. The molecule has 9 nitrogen and oxygen atoms in total. The molecule has 1 atom stereocenters. The zero-order valence-corrected chi connectivity index (χ0v) is 22.4. The molecule has 0 spiro atoms. The maximum atomic E-state index is 13.7. The average Bonchev–Trinajstić information content (AvgIpc) is 3.46. The molecule has 2 aromatic rings. The van der Waals surface area contributed by atoms with Crippen molar-refractivity contribution < 1.29 is 23.8 Å². The molecule has 2 heterocycles. The highest BCUT2D eigenvalue weighted by atomic mass is 16.5. The van der Waals surface area contributed by atoms with Crippen LogP contribution in [0.1, 0.15) is 50.9 Å². The third-order valence-electron chi connectivity index (χ3n) is 6.13. The Morgan fingerprint density at radius 2 is 1.89 bits per heavy atom. The molecular formula is C27H38N4O5. The van der Waals surface area contributed by atoms with Gasteiger partial charge in [-0.2, -0.15) is 5.10 Å². The van der Waals surface area contributed by atoms with E-state index in [1.807, 2.05) is 68.9 Å². The Bertz CT molecular complexity index is 1100. The summed E-state index contributed by atoms with van der Waals surface area (Å²) in [5.41, 5.74) is 2.31. The van der Waals surface area contributed by atoms with Gasteiger partial charge in [-0.15, -0.1) is 0 Å². The highest BCUT2D eigenvalue weighted by Gasteiger charge is 2.37. The third-order valence-corrected chi connectivity index (χ3v) is 6.13. The Morgan fingerprint density at radius 3 is 2.47 bits per heavy atom. The van der Waals surface area contributed by atoms with E-state index in [2.05, 4.69) is 0 Å². The fraction of sp³-hybridized carbons (Fsp3) is 0.519. The molecule has 0 bridgehead atoms. The van der Waals surface area contributed by atoms with E-state index < -0.39 is 6.04 Å². The van der Waals surface area contributed by atoms with Gasteiger partial charge in [0, 0.05) is 45.3 Å². The zero-order valence-electron chi connectivity index (χ0n) is 22.4. The molecule has 0 saturated carbocycles. The van der Waals surface area contributed by atoms with Gasteiger partial charge in [-0.1, -0.05) is 20.8 Å². The standard InChI is InChI=1S/C27H38N4O5/c1-27(2,3)17-25(32)30(13-14-34-5)18-26(33)31-23(16-21(28-31)22-9-8-12-29(22)4)20-15-19(35-6)10-11-24(20)36-7/h8-12,15,23H,13-14,16-18H2,1-7H3/t23-/m1/s1. The first kappa shape index (κ1) is 27.3. The summed E-state index contributed by atoms with van der Waals surface area (Å²) in [6.07, 6.45) is 2.78. The van der Waals surface area contributed by atoms with E-state index in [1.54, 1.807) is 26.2 Å². The summed E-state index contributed by atoms with van der Waals surface area (Å²) in [4.78, 5) is 28.4. The molecular weight excluding hydrogens is 460 g/mol. The SMILES string of the molecule is COCCN(CC(=O)N1N=C(c2cccn2C)C[C@@H]1c1cc(OC)ccc1OC)C(=O)CC(C)(C)C. The van der Waals surface area contributed by atoms with Crippen LogP contribution in [0.4, 0.5) is 0 Å². The third kappa shape index (κ3) is 6.46. The summed E-state index contributed by atoms with van der Waals surface area (Å²) in [5.74, 6) is 0.941. The second-order valence-corrected chi connectivity index (χ2v) is 10.2. The van der Waals surface area contributed by atoms with Crippen molar-refractivity contribution in [1.29, 1.82) is 0 Å². The second kappa shape index (κ2) is 11.6. The van der Waals surface area contributed by atoms with E-state index in [9.17, 15) is 9.59 Å². The number of ether oxygens (including phenoxy) is 3. The number of carbonyl (C=O) groups is 2. The van der Waals surface area contributed by atoms with Crippen LogP contribution in [-0.2, 0) is 21.4 Å². The molecule has 1 aliphatic rings. The summed E-state index contributed by atoms with van der Waals surface area (Å²) < 4.78 is 18.3. The summed E-state index contributed by atoms with van der Waals surface area (Å²) in [7, 11) is 6.73. The number of carbonyl (C=O) groups excluding carboxylic acids is 2. The molecule has 1 aliphatic heterocycles. The maximum Gasteiger partial charge on any atom is 0.262 e.